The molecule has 2 rings (SSSR count). The highest BCUT2D eigenvalue weighted by Gasteiger charge is 2.53. The number of aliphatic hydroxyl groups excluding tert-OH is 1. The topological polar surface area (TPSA) is 52.9 Å². The fourth-order valence-corrected chi connectivity index (χ4v) is 3.47. The van der Waals surface area contributed by atoms with Crippen molar-refractivity contribution in [1.82, 2.24) is 4.90 Å². The summed E-state index contributed by atoms with van der Waals surface area (Å²) in [6.07, 6.45) is 0.346. The minimum absolute atomic E-state index is 0.0846. The molecule has 2 saturated heterocycles. The van der Waals surface area contributed by atoms with Crippen LogP contribution < -0.4 is 0 Å². The second-order valence-electron chi connectivity index (χ2n) is 7.34. The van der Waals surface area contributed by atoms with Crippen molar-refractivity contribution >= 4 is 0 Å². The quantitative estimate of drug-likeness (QED) is 0.775. The number of aliphatic hydroxyl groups is 2. The largest absolute Gasteiger partial charge is 0.390 e. The molecule has 2 aliphatic heterocycles. The van der Waals surface area contributed by atoms with Crippen LogP contribution in [0.2, 0.25) is 0 Å². The average molecular weight is 257 g/mol. The Morgan fingerprint density at radius 1 is 1.17 bits per heavy atom. The maximum absolute atomic E-state index is 10.4. The minimum atomic E-state index is -0.579. The first-order chi connectivity index (χ1) is 8.04. The van der Waals surface area contributed by atoms with Crippen molar-refractivity contribution in [2.24, 2.45) is 5.92 Å². The zero-order valence-electron chi connectivity index (χ0n) is 12.2. The highest BCUT2D eigenvalue weighted by Crippen LogP contribution is 2.43. The fourth-order valence-electron chi connectivity index (χ4n) is 3.47. The molecule has 18 heavy (non-hydrogen) atoms. The molecule has 0 spiro atoms. The van der Waals surface area contributed by atoms with Crippen molar-refractivity contribution < 1.29 is 14.9 Å². The number of ether oxygens (including phenoxy) is 1. The molecule has 3 unspecified atom stereocenters. The van der Waals surface area contributed by atoms with E-state index in [0.717, 1.165) is 19.5 Å². The number of rotatable bonds is 2. The molecule has 0 aromatic carbocycles. The summed E-state index contributed by atoms with van der Waals surface area (Å²) < 4.78 is 5.98. The lowest BCUT2D eigenvalue weighted by atomic mass is 9.84. The van der Waals surface area contributed by atoms with Crippen molar-refractivity contribution in [3.63, 3.8) is 0 Å². The van der Waals surface area contributed by atoms with Crippen molar-refractivity contribution in [2.45, 2.75) is 63.9 Å². The summed E-state index contributed by atoms with van der Waals surface area (Å²) >= 11 is 0. The molecule has 0 radical (unpaired) electrons. The first-order valence-electron chi connectivity index (χ1n) is 6.86. The lowest BCUT2D eigenvalue weighted by Crippen LogP contribution is -2.43. The van der Waals surface area contributed by atoms with E-state index in [9.17, 15) is 10.2 Å². The van der Waals surface area contributed by atoms with Crippen LogP contribution >= 0.6 is 0 Å². The van der Waals surface area contributed by atoms with E-state index in [1.165, 1.54) is 0 Å². The summed E-state index contributed by atoms with van der Waals surface area (Å²) in [5.41, 5.74) is -1.39. The van der Waals surface area contributed by atoms with Crippen LogP contribution in [0.25, 0.3) is 0 Å². The van der Waals surface area contributed by atoms with E-state index >= 15 is 0 Å². The fraction of sp³-hybridized carbons (Fsp3) is 1.00. The van der Waals surface area contributed by atoms with E-state index < -0.39 is 17.3 Å². The summed E-state index contributed by atoms with van der Waals surface area (Å²) in [7, 11) is 0. The normalized spacial score (nSPS) is 43.5. The van der Waals surface area contributed by atoms with Gasteiger partial charge in [0.25, 0.3) is 0 Å². The second kappa shape index (κ2) is 4.17. The van der Waals surface area contributed by atoms with E-state index in [2.05, 4.69) is 4.90 Å². The van der Waals surface area contributed by atoms with Gasteiger partial charge in [-0.2, -0.15) is 0 Å². The predicted octanol–water partition coefficient (Wildman–Crippen LogP) is 1.01. The molecule has 0 aliphatic carbocycles. The van der Waals surface area contributed by atoms with Crippen LogP contribution in [0, 0.1) is 5.92 Å². The first kappa shape index (κ1) is 14.3. The van der Waals surface area contributed by atoms with Crippen LogP contribution in [0.3, 0.4) is 0 Å². The lowest BCUT2D eigenvalue weighted by Gasteiger charge is -2.31. The summed E-state index contributed by atoms with van der Waals surface area (Å²) in [6, 6.07) is 0. The molecule has 2 fully saturated rings. The lowest BCUT2D eigenvalue weighted by molar-refractivity contribution is -0.0913. The molecule has 3 atom stereocenters. The van der Waals surface area contributed by atoms with Crippen LogP contribution in [0.1, 0.15) is 41.0 Å². The van der Waals surface area contributed by atoms with E-state index in [-0.39, 0.29) is 11.5 Å². The molecular weight excluding hydrogens is 230 g/mol. The maximum atomic E-state index is 10.4. The van der Waals surface area contributed by atoms with Gasteiger partial charge in [-0.05, 0) is 41.0 Å². The zero-order chi connectivity index (χ0) is 13.8. The summed E-state index contributed by atoms with van der Waals surface area (Å²) in [4.78, 5) is 2.24. The minimum Gasteiger partial charge on any atom is -0.390 e. The van der Waals surface area contributed by atoms with Gasteiger partial charge in [-0.15, -0.1) is 0 Å². The van der Waals surface area contributed by atoms with Gasteiger partial charge in [-0.3, -0.25) is 4.90 Å². The van der Waals surface area contributed by atoms with Crippen LogP contribution in [-0.2, 0) is 4.74 Å². The van der Waals surface area contributed by atoms with Crippen LogP contribution in [0.5, 0.6) is 0 Å². The smallest absolute Gasteiger partial charge is 0.0896 e. The number of β-amino-alcohol motifs (C(OH)–C–C–N with tert-alkyl or cyclic N) is 1. The summed E-state index contributed by atoms with van der Waals surface area (Å²) in [6.45, 7) is 12.2. The Morgan fingerprint density at radius 3 is 2.17 bits per heavy atom. The van der Waals surface area contributed by atoms with Gasteiger partial charge in [0.2, 0.25) is 0 Å². The van der Waals surface area contributed by atoms with E-state index in [1.807, 2.05) is 34.6 Å². The van der Waals surface area contributed by atoms with Crippen molar-refractivity contribution in [1.29, 1.82) is 0 Å². The number of likely N-dealkylation sites (tertiary alicyclic amines) is 1. The van der Waals surface area contributed by atoms with Crippen LogP contribution in [0.15, 0.2) is 0 Å². The van der Waals surface area contributed by atoms with Crippen molar-refractivity contribution in [3.05, 3.63) is 0 Å². The van der Waals surface area contributed by atoms with Crippen LogP contribution in [0.4, 0.5) is 0 Å². The van der Waals surface area contributed by atoms with Crippen LogP contribution in [-0.4, -0.2) is 57.7 Å². The number of hydrogen-bond acceptors (Lipinski definition) is 4. The average Bonchev–Trinajstić information content (AvgIpc) is 2.57. The van der Waals surface area contributed by atoms with E-state index in [0.29, 0.717) is 6.54 Å². The van der Waals surface area contributed by atoms with Gasteiger partial charge in [-0.1, -0.05) is 0 Å². The highest BCUT2D eigenvalue weighted by atomic mass is 16.5. The van der Waals surface area contributed by atoms with Gasteiger partial charge in [-0.25, -0.2) is 0 Å². The third-order valence-electron chi connectivity index (χ3n) is 4.50. The molecule has 0 saturated carbocycles. The number of hydrogen-bond donors (Lipinski definition) is 2. The predicted molar refractivity (Wildman–Crippen MR) is 70.4 cm³/mol. The zero-order valence-corrected chi connectivity index (χ0v) is 12.2. The second-order valence-corrected chi connectivity index (χ2v) is 7.34. The molecule has 0 bridgehead atoms. The van der Waals surface area contributed by atoms with Gasteiger partial charge in [0.1, 0.15) is 0 Å². The standard InChI is InChI=1S/C14H27NO3/c1-12(2)10(11(16)13(3,4)18-12)8-15-7-6-14(5,17)9-15/h10-11,16-17H,6-9H2,1-5H3. The third kappa shape index (κ3) is 2.57. The maximum Gasteiger partial charge on any atom is 0.0896 e. The van der Waals surface area contributed by atoms with Gasteiger partial charge in [0.15, 0.2) is 0 Å². The monoisotopic (exact) mass is 257 g/mol. The molecule has 2 N–H and O–H groups in total. The van der Waals surface area contributed by atoms with Gasteiger partial charge in [0.05, 0.1) is 22.9 Å². The molecule has 2 heterocycles. The Kier molecular flexibility index (Phi) is 3.30. The van der Waals surface area contributed by atoms with Gasteiger partial charge in [0, 0.05) is 25.6 Å². The first-order valence-corrected chi connectivity index (χ1v) is 6.86. The van der Waals surface area contributed by atoms with Gasteiger partial charge < -0.3 is 14.9 Å². The Labute approximate surface area is 110 Å². The summed E-state index contributed by atoms with van der Waals surface area (Å²) in [5.74, 6) is 0.0846. The van der Waals surface area contributed by atoms with Gasteiger partial charge >= 0.3 is 0 Å². The molecule has 0 aromatic heterocycles. The van der Waals surface area contributed by atoms with E-state index in [1.54, 1.807) is 0 Å². The molecule has 4 nitrogen and oxygen atoms in total. The number of nitrogens with zero attached hydrogens (tertiary/aromatic N) is 1. The van der Waals surface area contributed by atoms with Crippen molar-refractivity contribution in [2.75, 3.05) is 19.6 Å². The molecule has 2 aliphatic rings. The Bertz CT molecular complexity index is 325. The molecule has 106 valence electrons. The molecule has 4 heteroatoms. The van der Waals surface area contributed by atoms with E-state index in [4.69, 9.17) is 4.74 Å². The Balaban J connectivity index is 2.05. The summed E-state index contributed by atoms with van der Waals surface area (Å²) in [5, 5.41) is 20.4. The third-order valence-corrected chi connectivity index (χ3v) is 4.50. The van der Waals surface area contributed by atoms with Crippen molar-refractivity contribution in [3.8, 4) is 0 Å². The Morgan fingerprint density at radius 2 is 1.78 bits per heavy atom. The molecule has 0 amide bonds. The molecular formula is C14H27NO3. The molecule has 0 aromatic rings. The SMILES string of the molecule is CC1(O)CCN(CC2C(O)C(C)(C)OC2(C)C)C1. The highest BCUT2D eigenvalue weighted by molar-refractivity contribution is 5.03. The Hall–Kier alpha value is -0.160.